The lowest BCUT2D eigenvalue weighted by Gasteiger charge is -2.17. The quantitative estimate of drug-likeness (QED) is 0.836. The number of nitrogens with zero attached hydrogens (tertiary/aromatic N) is 1. The summed E-state index contributed by atoms with van der Waals surface area (Å²) in [6, 6.07) is 4.05. The van der Waals surface area contributed by atoms with Gasteiger partial charge in [0.15, 0.2) is 0 Å². The molecular weight excluding hydrogens is 200 g/mol. The molecule has 0 aliphatic heterocycles. The molecule has 2 aliphatic carbocycles. The molecule has 1 N–H and O–H groups in total. The summed E-state index contributed by atoms with van der Waals surface area (Å²) >= 11 is 0. The third-order valence-corrected chi connectivity index (χ3v) is 3.48. The minimum absolute atomic E-state index is 0.0388. The average molecular weight is 216 g/mol. The molecular formula is C13H16N2O. The standard InChI is InChI=1S/C13H16N2O/c16-13(11-2-1-7-14-8-11)15-12(9-3-4-9)10-5-6-10/h1-2,7-10,12H,3-6H2,(H,15,16). The van der Waals surface area contributed by atoms with Crippen molar-refractivity contribution < 1.29 is 4.79 Å². The van der Waals surface area contributed by atoms with Crippen LogP contribution in [0, 0.1) is 11.8 Å². The molecule has 2 fully saturated rings. The van der Waals surface area contributed by atoms with Gasteiger partial charge >= 0.3 is 0 Å². The summed E-state index contributed by atoms with van der Waals surface area (Å²) in [5.74, 6) is 1.53. The van der Waals surface area contributed by atoms with Crippen LogP contribution in [0.1, 0.15) is 36.0 Å². The van der Waals surface area contributed by atoms with Crippen molar-refractivity contribution in [2.45, 2.75) is 31.7 Å². The molecule has 0 bridgehead atoms. The second kappa shape index (κ2) is 3.89. The third kappa shape index (κ3) is 2.08. The van der Waals surface area contributed by atoms with E-state index in [2.05, 4.69) is 10.3 Å². The van der Waals surface area contributed by atoms with E-state index in [1.54, 1.807) is 18.5 Å². The van der Waals surface area contributed by atoms with Gasteiger partial charge in [-0.1, -0.05) is 0 Å². The van der Waals surface area contributed by atoms with Gasteiger partial charge in [-0.25, -0.2) is 0 Å². The maximum atomic E-state index is 12.0. The lowest BCUT2D eigenvalue weighted by atomic mass is 10.1. The molecule has 3 heteroatoms. The molecule has 2 aliphatic rings. The van der Waals surface area contributed by atoms with E-state index in [1.807, 2.05) is 6.07 Å². The maximum absolute atomic E-state index is 12.0. The SMILES string of the molecule is O=C(NC(C1CC1)C1CC1)c1cccnc1. The summed E-state index contributed by atoms with van der Waals surface area (Å²) in [5.41, 5.74) is 0.675. The molecule has 0 spiro atoms. The Hall–Kier alpha value is -1.38. The van der Waals surface area contributed by atoms with Crippen molar-refractivity contribution in [2.75, 3.05) is 0 Å². The molecule has 16 heavy (non-hydrogen) atoms. The lowest BCUT2D eigenvalue weighted by molar-refractivity contribution is 0.0926. The minimum atomic E-state index is 0.0388. The zero-order chi connectivity index (χ0) is 11.0. The summed E-state index contributed by atoms with van der Waals surface area (Å²) in [7, 11) is 0. The fourth-order valence-corrected chi connectivity index (χ4v) is 2.26. The number of pyridine rings is 1. The topological polar surface area (TPSA) is 42.0 Å². The maximum Gasteiger partial charge on any atom is 0.253 e. The first-order valence-electron chi connectivity index (χ1n) is 6.05. The van der Waals surface area contributed by atoms with Crippen molar-refractivity contribution >= 4 is 5.91 Å². The summed E-state index contributed by atoms with van der Waals surface area (Å²) < 4.78 is 0. The molecule has 0 saturated heterocycles. The molecule has 1 aromatic heterocycles. The first-order chi connectivity index (χ1) is 7.84. The van der Waals surface area contributed by atoms with Crippen molar-refractivity contribution in [3.8, 4) is 0 Å². The number of nitrogens with one attached hydrogen (secondary N) is 1. The van der Waals surface area contributed by atoms with Crippen LogP contribution in [0.15, 0.2) is 24.5 Å². The van der Waals surface area contributed by atoms with Gasteiger partial charge in [-0.3, -0.25) is 9.78 Å². The Morgan fingerprint density at radius 2 is 2.00 bits per heavy atom. The van der Waals surface area contributed by atoms with E-state index in [-0.39, 0.29) is 5.91 Å². The van der Waals surface area contributed by atoms with E-state index in [0.29, 0.717) is 11.6 Å². The predicted octanol–water partition coefficient (Wildman–Crippen LogP) is 2.00. The van der Waals surface area contributed by atoms with Crippen LogP contribution < -0.4 is 5.32 Å². The Balaban J connectivity index is 1.66. The van der Waals surface area contributed by atoms with Crippen molar-refractivity contribution in [1.82, 2.24) is 10.3 Å². The van der Waals surface area contributed by atoms with Crippen molar-refractivity contribution in [2.24, 2.45) is 11.8 Å². The highest BCUT2D eigenvalue weighted by Crippen LogP contribution is 2.44. The van der Waals surface area contributed by atoms with E-state index in [9.17, 15) is 4.79 Å². The monoisotopic (exact) mass is 216 g/mol. The zero-order valence-corrected chi connectivity index (χ0v) is 9.23. The third-order valence-electron chi connectivity index (χ3n) is 3.48. The number of hydrogen-bond donors (Lipinski definition) is 1. The second-order valence-corrected chi connectivity index (χ2v) is 4.92. The molecule has 1 heterocycles. The summed E-state index contributed by atoms with van der Waals surface area (Å²) in [6.07, 6.45) is 8.47. The Bertz CT molecular complexity index is 370. The van der Waals surface area contributed by atoms with Crippen molar-refractivity contribution in [3.63, 3.8) is 0 Å². The van der Waals surface area contributed by atoms with Gasteiger partial charge < -0.3 is 5.32 Å². The molecule has 2 saturated carbocycles. The predicted molar refractivity (Wildman–Crippen MR) is 60.9 cm³/mol. The van der Waals surface area contributed by atoms with Crippen molar-refractivity contribution in [1.29, 1.82) is 0 Å². The van der Waals surface area contributed by atoms with E-state index >= 15 is 0 Å². The fourth-order valence-electron chi connectivity index (χ4n) is 2.26. The van der Waals surface area contributed by atoms with Gasteiger partial charge in [-0.05, 0) is 49.7 Å². The molecule has 1 aromatic rings. The van der Waals surface area contributed by atoms with Crippen LogP contribution in [0.25, 0.3) is 0 Å². The van der Waals surface area contributed by atoms with Crippen LogP contribution in [0.2, 0.25) is 0 Å². The Morgan fingerprint density at radius 1 is 1.31 bits per heavy atom. The number of aromatic nitrogens is 1. The van der Waals surface area contributed by atoms with Crippen LogP contribution in [0.4, 0.5) is 0 Å². The first kappa shape index (κ1) is 9.82. The largest absolute Gasteiger partial charge is 0.349 e. The molecule has 84 valence electrons. The Kier molecular flexibility index (Phi) is 2.39. The van der Waals surface area contributed by atoms with Gasteiger partial charge in [0, 0.05) is 18.4 Å². The molecule has 0 unspecified atom stereocenters. The van der Waals surface area contributed by atoms with Crippen LogP contribution in [0.3, 0.4) is 0 Å². The van der Waals surface area contributed by atoms with E-state index in [1.165, 1.54) is 25.7 Å². The highest BCUT2D eigenvalue weighted by atomic mass is 16.1. The van der Waals surface area contributed by atoms with E-state index < -0.39 is 0 Å². The highest BCUT2D eigenvalue weighted by molar-refractivity contribution is 5.94. The lowest BCUT2D eigenvalue weighted by Crippen LogP contribution is -2.38. The van der Waals surface area contributed by atoms with Gasteiger partial charge in [-0.15, -0.1) is 0 Å². The van der Waals surface area contributed by atoms with Gasteiger partial charge in [0.1, 0.15) is 0 Å². The Morgan fingerprint density at radius 3 is 2.50 bits per heavy atom. The van der Waals surface area contributed by atoms with Gasteiger partial charge in [-0.2, -0.15) is 0 Å². The number of hydrogen-bond acceptors (Lipinski definition) is 2. The van der Waals surface area contributed by atoms with Gasteiger partial charge in [0.05, 0.1) is 5.56 Å². The molecule has 3 rings (SSSR count). The van der Waals surface area contributed by atoms with Crippen LogP contribution in [0.5, 0.6) is 0 Å². The molecule has 0 aromatic carbocycles. The number of carbonyl (C=O) groups excluding carboxylic acids is 1. The fraction of sp³-hybridized carbons (Fsp3) is 0.538. The average Bonchev–Trinajstić information content (AvgIpc) is 3.19. The number of rotatable bonds is 4. The second-order valence-electron chi connectivity index (χ2n) is 4.92. The minimum Gasteiger partial charge on any atom is -0.349 e. The summed E-state index contributed by atoms with van der Waals surface area (Å²) in [4.78, 5) is 15.9. The zero-order valence-electron chi connectivity index (χ0n) is 9.23. The first-order valence-corrected chi connectivity index (χ1v) is 6.05. The molecule has 1 amide bonds. The van der Waals surface area contributed by atoms with Crippen LogP contribution >= 0.6 is 0 Å². The summed E-state index contributed by atoms with van der Waals surface area (Å²) in [5, 5.41) is 3.18. The van der Waals surface area contributed by atoms with Crippen LogP contribution in [-0.4, -0.2) is 16.9 Å². The summed E-state index contributed by atoms with van der Waals surface area (Å²) in [6.45, 7) is 0. The Labute approximate surface area is 95.3 Å². The molecule has 3 nitrogen and oxygen atoms in total. The molecule has 0 radical (unpaired) electrons. The normalized spacial score (nSPS) is 19.8. The highest BCUT2D eigenvalue weighted by Gasteiger charge is 2.42. The number of carbonyl (C=O) groups is 1. The van der Waals surface area contributed by atoms with Gasteiger partial charge in [0.2, 0.25) is 0 Å². The van der Waals surface area contributed by atoms with E-state index in [0.717, 1.165) is 11.8 Å². The van der Waals surface area contributed by atoms with E-state index in [4.69, 9.17) is 0 Å². The van der Waals surface area contributed by atoms with Crippen LogP contribution in [-0.2, 0) is 0 Å². The van der Waals surface area contributed by atoms with Crippen molar-refractivity contribution in [3.05, 3.63) is 30.1 Å². The smallest absolute Gasteiger partial charge is 0.253 e. The van der Waals surface area contributed by atoms with Gasteiger partial charge in [0.25, 0.3) is 5.91 Å². The molecule has 0 atom stereocenters. The number of amides is 1.